The third kappa shape index (κ3) is 4.42. The lowest BCUT2D eigenvalue weighted by atomic mass is 10.1. The first-order chi connectivity index (χ1) is 7.38. The molecule has 1 aromatic rings. The summed E-state index contributed by atoms with van der Waals surface area (Å²) in [7, 11) is 0. The van der Waals surface area contributed by atoms with Crippen LogP contribution >= 0.6 is 0 Å². The Morgan fingerprint density at radius 2 is 1.69 bits per heavy atom. The highest BCUT2D eigenvalue weighted by Gasteiger charge is 2.26. The molecule has 0 saturated heterocycles. The Kier molecular flexibility index (Phi) is 4.04. The quantitative estimate of drug-likeness (QED) is 0.573. The fraction of sp³-hybridized carbons (Fsp3) is 0.364. The third-order valence-electron chi connectivity index (χ3n) is 2.03. The van der Waals surface area contributed by atoms with Crippen LogP contribution in [0.2, 0.25) is 0 Å². The van der Waals surface area contributed by atoms with Crippen LogP contribution < -0.4 is 0 Å². The van der Waals surface area contributed by atoms with Crippen molar-refractivity contribution < 1.29 is 22.4 Å². The molecular formula is C11H10F4O. The average Bonchev–Trinajstić information content (AvgIpc) is 2.16. The van der Waals surface area contributed by atoms with E-state index in [1.165, 1.54) is 12.1 Å². The van der Waals surface area contributed by atoms with Crippen LogP contribution in [0.4, 0.5) is 17.6 Å². The van der Waals surface area contributed by atoms with E-state index in [4.69, 9.17) is 0 Å². The molecule has 0 radical (unpaired) electrons. The van der Waals surface area contributed by atoms with Gasteiger partial charge in [0.25, 0.3) is 0 Å². The van der Waals surface area contributed by atoms with Crippen LogP contribution in [-0.4, -0.2) is 12.0 Å². The van der Waals surface area contributed by atoms with E-state index in [9.17, 15) is 22.4 Å². The van der Waals surface area contributed by atoms with Gasteiger partial charge in [-0.15, -0.1) is 0 Å². The summed E-state index contributed by atoms with van der Waals surface area (Å²) in [6.07, 6.45) is -5.62. The summed E-state index contributed by atoms with van der Waals surface area (Å²) in [6.45, 7) is 0. The van der Waals surface area contributed by atoms with Crippen molar-refractivity contribution in [1.29, 1.82) is 0 Å². The monoisotopic (exact) mass is 234 g/mol. The number of rotatable bonds is 4. The number of halogens is 4. The van der Waals surface area contributed by atoms with Crippen molar-refractivity contribution >= 4 is 5.78 Å². The van der Waals surface area contributed by atoms with Gasteiger partial charge in [0.05, 0.1) is 0 Å². The summed E-state index contributed by atoms with van der Waals surface area (Å²) in [5.74, 6) is -0.879. The molecule has 1 nitrogen and oxygen atoms in total. The highest BCUT2D eigenvalue weighted by Crippen LogP contribution is 2.22. The standard InChI is InChI=1S/C11H10F4O/c12-9-5-3-8(4-6-9)10(16)2-1-7-11(13,14)15/h3-6H,1-2,7H2. The van der Waals surface area contributed by atoms with E-state index in [0.29, 0.717) is 0 Å². The van der Waals surface area contributed by atoms with Crippen molar-refractivity contribution in [1.82, 2.24) is 0 Å². The molecule has 0 saturated carbocycles. The van der Waals surface area contributed by atoms with Gasteiger partial charge in [-0.3, -0.25) is 4.79 Å². The molecule has 0 unspecified atom stereocenters. The summed E-state index contributed by atoms with van der Waals surface area (Å²) in [6, 6.07) is 4.75. The second kappa shape index (κ2) is 5.09. The van der Waals surface area contributed by atoms with Crippen LogP contribution in [0.5, 0.6) is 0 Å². The first-order valence-corrected chi connectivity index (χ1v) is 4.74. The zero-order valence-electron chi connectivity index (χ0n) is 8.35. The molecule has 0 aliphatic carbocycles. The summed E-state index contributed by atoms with van der Waals surface area (Å²) in [5, 5.41) is 0. The molecule has 0 fully saturated rings. The fourth-order valence-electron chi connectivity index (χ4n) is 1.23. The number of hydrogen-bond donors (Lipinski definition) is 0. The van der Waals surface area contributed by atoms with Crippen LogP contribution in [0.15, 0.2) is 24.3 Å². The van der Waals surface area contributed by atoms with Crippen molar-refractivity contribution in [3.63, 3.8) is 0 Å². The second-order valence-corrected chi connectivity index (χ2v) is 3.40. The lowest BCUT2D eigenvalue weighted by molar-refractivity contribution is -0.135. The SMILES string of the molecule is O=C(CCCC(F)(F)F)c1ccc(F)cc1. The van der Waals surface area contributed by atoms with Crippen molar-refractivity contribution in [3.8, 4) is 0 Å². The molecule has 1 rings (SSSR count). The molecule has 0 amide bonds. The minimum absolute atomic E-state index is 0.175. The number of benzene rings is 1. The Morgan fingerprint density at radius 1 is 1.12 bits per heavy atom. The van der Waals surface area contributed by atoms with Crippen LogP contribution in [0.25, 0.3) is 0 Å². The van der Waals surface area contributed by atoms with Gasteiger partial charge < -0.3 is 0 Å². The highest BCUT2D eigenvalue weighted by atomic mass is 19.4. The van der Waals surface area contributed by atoms with Gasteiger partial charge in [0.2, 0.25) is 0 Å². The fourth-order valence-corrected chi connectivity index (χ4v) is 1.23. The zero-order chi connectivity index (χ0) is 12.2. The predicted molar refractivity (Wildman–Crippen MR) is 50.6 cm³/mol. The molecule has 0 aliphatic heterocycles. The van der Waals surface area contributed by atoms with Crippen LogP contribution in [-0.2, 0) is 0 Å². The lowest BCUT2D eigenvalue weighted by Gasteiger charge is -2.05. The second-order valence-electron chi connectivity index (χ2n) is 3.40. The number of alkyl halides is 3. The molecule has 88 valence electrons. The topological polar surface area (TPSA) is 17.1 Å². The van der Waals surface area contributed by atoms with E-state index in [0.717, 1.165) is 12.1 Å². The van der Waals surface area contributed by atoms with Gasteiger partial charge in [0.1, 0.15) is 5.82 Å². The molecule has 0 spiro atoms. The van der Waals surface area contributed by atoms with Crippen LogP contribution in [0.1, 0.15) is 29.6 Å². The maximum atomic E-state index is 12.5. The molecule has 1 aromatic carbocycles. The molecule has 0 aliphatic rings. The Balaban J connectivity index is 2.44. The van der Waals surface area contributed by atoms with E-state index in [1.54, 1.807) is 0 Å². The van der Waals surface area contributed by atoms with Crippen molar-refractivity contribution in [3.05, 3.63) is 35.6 Å². The van der Waals surface area contributed by atoms with E-state index in [1.807, 2.05) is 0 Å². The summed E-state index contributed by atoms with van der Waals surface area (Å²) in [5.41, 5.74) is 0.239. The number of carbonyl (C=O) groups is 1. The lowest BCUT2D eigenvalue weighted by Crippen LogP contribution is -2.08. The van der Waals surface area contributed by atoms with Gasteiger partial charge in [-0.25, -0.2) is 4.39 Å². The third-order valence-corrected chi connectivity index (χ3v) is 2.03. The predicted octanol–water partition coefficient (Wildman–Crippen LogP) is 3.74. The van der Waals surface area contributed by atoms with Gasteiger partial charge in [0, 0.05) is 18.4 Å². The summed E-state index contributed by atoms with van der Waals surface area (Å²) in [4.78, 5) is 11.4. The number of hydrogen-bond acceptors (Lipinski definition) is 1. The first kappa shape index (κ1) is 12.7. The first-order valence-electron chi connectivity index (χ1n) is 4.74. The van der Waals surface area contributed by atoms with Gasteiger partial charge in [-0.05, 0) is 30.7 Å². The van der Waals surface area contributed by atoms with Crippen molar-refractivity contribution in [2.24, 2.45) is 0 Å². The van der Waals surface area contributed by atoms with Crippen LogP contribution in [0, 0.1) is 5.82 Å². The number of Topliss-reactive ketones (excluding diaryl/α,β-unsaturated/α-hetero) is 1. The van der Waals surface area contributed by atoms with E-state index >= 15 is 0 Å². The van der Waals surface area contributed by atoms with Gasteiger partial charge in [-0.1, -0.05) is 0 Å². The van der Waals surface area contributed by atoms with Gasteiger partial charge in [-0.2, -0.15) is 13.2 Å². The van der Waals surface area contributed by atoms with E-state index in [-0.39, 0.29) is 18.4 Å². The Hall–Kier alpha value is -1.39. The Morgan fingerprint density at radius 3 is 2.19 bits per heavy atom. The zero-order valence-corrected chi connectivity index (χ0v) is 8.35. The summed E-state index contributed by atoms with van der Waals surface area (Å²) < 4.78 is 47.9. The molecule has 0 heterocycles. The number of carbonyl (C=O) groups excluding carboxylic acids is 1. The highest BCUT2D eigenvalue weighted by molar-refractivity contribution is 5.95. The van der Waals surface area contributed by atoms with Crippen LogP contribution in [0.3, 0.4) is 0 Å². The molecular weight excluding hydrogens is 224 g/mol. The Bertz CT molecular complexity index is 353. The van der Waals surface area contributed by atoms with Crippen molar-refractivity contribution in [2.75, 3.05) is 0 Å². The normalized spacial score (nSPS) is 11.5. The van der Waals surface area contributed by atoms with E-state index in [2.05, 4.69) is 0 Å². The Labute approximate surface area is 90.1 Å². The maximum absolute atomic E-state index is 12.5. The summed E-state index contributed by atoms with van der Waals surface area (Å²) >= 11 is 0. The number of ketones is 1. The molecule has 0 atom stereocenters. The minimum atomic E-state index is -4.23. The maximum Gasteiger partial charge on any atom is 0.389 e. The minimum Gasteiger partial charge on any atom is -0.294 e. The smallest absolute Gasteiger partial charge is 0.294 e. The van der Waals surface area contributed by atoms with E-state index < -0.39 is 24.2 Å². The van der Waals surface area contributed by atoms with Gasteiger partial charge in [0.15, 0.2) is 5.78 Å². The van der Waals surface area contributed by atoms with Gasteiger partial charge >= 0.3 is 6.18 Å². The molecule has 0 aromatic heterocycles. The molecule has 16 heavy (non-hydrogen) atoms. The molecule has 0 N–H and O–H groups in total. The largest absolute Gasteiger partial charge is 0.389 e. The molecule has 5 heteroatoms. The molecule has 0 bridgehead atoms. The average molecular weight is 234 g/mol. The van der Waals surface area contributed by atoms with Crippen molar-refractivity contribution in [2.45, 2.75) is 25.4 Å².